The van der Waals surface area contributed by atoms with Crippen molar-refractivity contribution in [2.45, 2.75) is 33.4 Å². The number of nitrogens with zero attached hydrogens (tertiary/aromatic N) is 3. The van der Waals surface area contributed by atoms with E-state index in [1.54, 1.807) is 6.20 Å². The molecule has 1 aromatic heterocycles. The lowest BCUT2D eigenvalue weighted by molar-refractivity contribution is 0.576. The highest BCUT2D eigenvalue weighted by Crippen LogP contribution is 2.11. The molecule has 1 heterocycles. The van der Waals surface area contributed by atoms with Crippen LogP contribution in [0.1, 0.15) is 31.4 Å². The summed E-state index contributed by atoms with van der Waals surface area (Å²) in [4.78, 5) is 4.43. The number of rotatable bonds is 7. The van der Waals surface area contributed by atoms with Gasteiger partial charge in [0.1, 0.15) is 0 Å². The van der Waals surface area contributed by atoms with E-state index in [1.165, 1.54) is 11.1 Å². The Labute approximate surface area is 155 Å². The second kappa shape index (κ2) is 10.3. The topological polar surface area (TPSA) is 68.2 Å². The van der Waals surface area contributed by atoms with E-state index in [9.17, 15) is 0 Å². The molecule has 0 amide bonds. The van der Waals surface area contributed by atoms with Crippen LogP contribution in [-0.4, -0.2) is 22.3 Å². The molecule has 0 aliphatic rings. The van der Waals surface area contributed by atoms with Gasteiger partial charge in [0, 0.05) is 18.9 Å². The van der Waals surface area contributed by atoms with Crippen molar-refractivity contribution in [2.75, 3.05) is 6.54 Å². The Morgan fingerprint density at radius 3 is 2.65 bits per heavy atom. The number of hydrogen-bond donors (Lipinski definition) is 2. The fourth-order valence-electron chi connectivity index (χ4n) is 2.15. The zero-order chi connectivity index (χ0) is 15.8. The summed E-state index contributed by atoms with van der Waals surface area (Å²) in [6.07, 6.45) is 4.84. The lowest BCUT2D eigenvalue weighted by Crippen LogP contribution is -2.32. The first-order chi connectivity index (χ1) is 10.6. The molecule has 0 aliphatic carbocycles. The van der Waals surface area contributed by atoms with Crippen LogP contribution in [0.5, 0.6) is 0 Å². The summed E-state index contributed by atoms with van der Waals surface area (Å²) in [5.74, 6) is 1.17. The molecule has 0 fully saturated rings. The van der Waals surface area contributed by atoms with Crippen molar-refractivity contribution in [1.29, 1.82) is 0 Å². The van der Waals surface area contributed by atoms with Crippen molar-refractivity contribution in [1.82, 2.24) is 15.1 Å². The van der Waals surface area contributed by atoms with Crippen molar-refractivity contribution < 1.29 is 0 Å². The highest BCUT2D eigenvalue weighted by Gasteiger charge is 2.03. The Bertz CT molecular complexity index is 593. The number of nitrogens with one attached hydrogen (secondary N) is 1. The van der Waals surface area contributed by atoms with E-state index >= 15 is 0 Å². The predicted molar refractivity (Wildman–Crippen MR) is 106 cm³/mol. The molecular formula is C17H26IN5. The highest BCUT2D eigenvalue weighted by atomic mass is 127. The summed E-state index contributed by atoms with van der Waals surface area (Å²) in [6.45, 7) is 6.58. The second-order valence-electron chi connectivity index (χ2n) is 5.78. The third kappa shape index (κ3) is 7.02. The lowest BCUT2D eigenvalue weighted by Gasteiger charge is -2.10. The number of aromatic nitrogens is 2. The van der Waals surface area contributed by atoms with E-state index in [2.05, 4.69) is 41.4 Å². The van der Waals surface area contributed by atoms with Gasteiger partial charge in [-0.25, -0.2) is 4.99 Å². The number of hydrogen-bond acceptors (Lipinski definition) is 2. The lowest BCUT2D eigenvalue weighted by atomic mass is 10.1. The van der Waals surface area contributed by atoms with Crippen molar-refractivity contribution in [3.63, 3.8) is 0 Å². The van der Waals surface area contributed by atoms with E-state index < -0.39 is 0 Å². The maximum Gasteiger partial charge on any atom is 0.188 e. The summed E-state index contributed by atoms with van der Waals surface area (Å²) in [7, 11) is 0. The first kappa shape index (κ1) is 19.5. The fraction of sp³-hybridized carbons (Fsp3) is 0.412. The fourth-order valence-corrected chi connectivity index (χ4v) is 2.15. The second-order valence-corrected chi connectivity index (χ2v) is 5.78. The largest absolute Gasteiger partial charge is 0.370 e. The van der Waals surface area contributed by atoms with Crippen LogP contribution in [0.25, 0.3) is 0 Å². The van der Waals surface area contributed by atoms with Crippen LogP contribution in [0, 0.1) is 5.92 Å². The molecule has 1 aromatic carbocycles. The maximum absolute atomic E-state index is 5.92. The Kier molecular flexibility index (Phi) is 8.68. The van der Waals surface area contributed by atoms with Gasteiger partial charge >= 0.3 is 0 Å². The van der Waals surface area contributed by atoms with E-state index in [0.717, 1.165) is 19.5 Å². The molecule has 0 spiro atoms. The van der Waals surface area contributed by atoms with Crippen LogP contribution in [0.4, 0.5) is 0 Å². The van der Waals surface area contributed by atoms with Crippen LogP contribution < -0.4 is 11.1 Å². The molecule has 3 N–H and O–H groups in total. The molecule has 0 radical (unpaired) electrons. The number of nitrogens with two attached hydrogens (primary N) is 1. The third-order valence-corrected chi connectivity index (χ3v) is 3.46. The molecule has 0 atom stereocenters. The van der Waals surface area contributed by atoms with E-state index in [-0.39, 0.29) is 24.0 Å². The zero-order valence-electron chi connectivity index (χ0n) is 13.8. The molecule has 0 saturated heterocycles. The van der Waals surface area contributed by atoms with Crippen molar-refractivity contribution in [2.24, 2.45) is 16.6 Å². The average Bonchev–Trinajstić information content (AvgIpc) is 2.99. The van der Waals surface area contributed by atoms with E-state index in [1.807, 2.05) is 29.1 Å². The molecule has 0 bridgehead atoms. The van der Waals surface area contributed by atoms with Crippen LogP contribution in [0.3, 0.4) is 0 Å². The molecule has 5 nitrogen and oxygen atoms in total. The zero-order valence-corrected chi connectivity index (χ0v) is 16.1. The van der Waals surface area contributed by atoms with Gasteiger partial charge in [-0.05, 0) is 29.5 Å². The SMILES string of the molecule is CC(C)CCNC(N)=NCc1ccccc1Cn1cccn1.I. The average molecular weight is 427 g/mol. The van der Waals surface area contributed by atoms with Crippen LogP contribution in [0.2, 0.25) is 0 Å². The van der Waals surface area contributed by atoms with Gasteiger partial charge in [-0.3, -0.25) is 4.68 Å². The molecule has 0 aliphatic heterocycles. The Hall–Kier alpha value is -1.57. The first-order valence-corrected chi connectivity index (χ1v) is 7.73. The number of halogens is 1. The van der Waals surface area contributed by atoms with E-state index in [0.29, 0.717) is 18.4 Å². The molecule has 0 unspecified atom stereocenters. The number of guanidine groups is 1. The molecule has 0 saturated carbocycles. The maximum atomic E-state index is 5.92. The number of aliphatic imine (C=N–C) groups is 1. The van der Waals surface area contributed by atoms with Crippen molar-refractivity contribution in [3.05, 3.63) is 53.9 Å². The summed E-state index contributed by atoms with van der Waals surface area (Å²) in [5.41, 5.74) is 8.30. The summed E-state index contributed by atoms with van der Waals surface area (Å²) < 4.78 is 1.91. The van der Waals surface area contributed by atoms with Crippen molar-refractivity contribution >= 4 is 29.9 Å². The minimum atomic E-state index is 0. The minimum Gasteiger partial charge on any atom is -0.370 e. The summed E-state index contributed by atoms with van der Waals surface area (Å²) in [5, 5.41) is 7.41. The molecule has 2 rings (SSSR count). The molecular weight excluding hydrogens is 401 g/mol. The standard InChI is InChI=1S/C17H25N5.HI/c1-14(2)8-10-19-17(18)20-12-15-6-3-4-7-16(15)13-22-11-5-9-21-22;/h3-7,9,11,14H,8,10,12-13H2,1-2H3,(H3,18,19,20);1H. The van der Waals surface area contributed by atoms with Gasteiger partial charge in [0.2, 0.25) is 0 Å². The van der Waals surface area contributed by atoms with Gasteiger partial charge in [-0.1, -0.05) is 38.1 Å². The van der Waals surface area contributed by atoms with Gasteiger partial charge in [0.25, 0.3) is 0 Å². The molecule has 126 valence electrons. The van der Waals surface area contributed by atoms with Gasteiger partial charge in [0.15, 0.2) is 5.96 Å². The van der Waals surface area contributed by atoms with Crippen LogP contribution in [-0.2, 0) is 13.1 Å². The Morgan fingerprint density at radius 1 is 1.26 bits per heavy atom. The predicted octanol–water partition coefficient (Wildman–Crippen LogP) is 3.00. The quantitative estimate of drug-likeness (QED) is 0.406. The number of benzene rings is 1. The van der Waals surface area contributed by atoms with Crippen molar-refractivity contribution in [3.8, 4) is 0 Å². The normalized spacial score (nSPS) is 11.3. The highest BCUT2D eigenvalue weighted by molar-refractivity contribution is 14.0. The van der Waals surface area contributed by atoms with Crippen LogP contribution >= 0.6 is 24.0 Å². The van der Waals surface area contributed by atoms with Crippen LogP contribution in [0.15, 0.2) is 47.7 Å². The minimum absolute atomic E-state index is 0. The summed E-state index contributed by atoms with van der Waals surface area (Å²) >= 11 is 0. The van der Waals surface area contributed by atoms with Gasteiger partial charge < -0.3 is 11.1 Å². The smallest absolute Gasteiger partial charge is 0.188 e. The monoisotopic (exact) mass is 427 g/mol. The molecule has 6 heteroatoms. The first-order valence-electron chi connectivity index (χ1n) is 7.73. The van der Waals surface area contributed by atoms with E-state index in [4.69, 9.17) is 5.73 Å². The Morgan fingerprint density at radius 2 is 2.00 bits per heavy atom. The Balaban J connectivity index is 0.00000264. The van der Waals surface area contributed by atoms with Gasteiger partial charge in [0.05, 0.1) is 13.1 Å². The molecule has 2 aromatic rings. The van der Waals surface area contributed by atoms with Gasteiger partial charge in [-0.15, -0.1) is 24.0 Å². The third-order valence-electron chi connectivity index (χ3n) is 3.46. The summed E-state index contributed by atoms with van der Waals surface area (Å²) in [6, 6.07) is 10.2. The van der Waals surface area contributed by atoms with Gasteiger partial charge in [-0.2, -0.15) is 5.10 Å². The molecule has 23 heavy (non-hydrogen) atoms.